The topological polar surface area (TPSA) is 40.7 Å². The van der Waals surface area contributed by atoms with E-state index in [9.17, 15) is 0 Å². The van der Waals surface area contributed by atoms with Gasteiger partial charge in [-0.15, -0.1) is 0 Å². The first kappa shape index (κ1) is 12.1. The monoisotopic (exact) mass is 209 g/mol. The van der Waals surface area contributed by atoms with E-state index in [-0.39, 0.29) is 0 Å². The number of H-pyrrole nitrogens is 1. The molecule has 0 saturated heterocycles. The average Bonchev–Trinajstić information content (AvgIpc) is 2.46. The molecule has 0 aliphatic heterocycles. The molecule has 0 radical (unpaired) electrons. The van der Waals surface area contributed by atoms with Crippen LogP contribution < -0.4 is 5.32 Å². The van der Waals surface area contributed by atoms with Gasteiger partial charge in [-0.1, -0.05) is 20.8 Å². The van der Waals surface area contributed by atoms with Gasteiger partial charge in [0.05, 0.1) is 0 Å². The van der Waals surface area contributed by atoms with Gasteiger partial charge >= 0.3 is 0 Å². The van der Waals surface area contributed by atoms with E-state index < -0.39 is 0 Å². The zero-order chi connectivity index (χ0) is 11.4. The van der Waals surface area contributed by atoms with Crippen molar-refractivity contribution < 1.29 is 0 Å². The molecule has 86 valence electrons. The lowest BCUT2D eigenvalue weighted by molar-refractivity contribution is 0.538. The molecule has 1 rings (SSSR count). The van der Waals surface area contributed by atoms with E-state index >= 15 is 0 Å². The average molecular weight is 209 g/mol. The Hall–Kier alpha value is -0.990. The molecule has 3 heteroatoms. The summed E-state index contributed by atoms with van der Waals surface area (Å²) < 4.78 is 0. The summed E-state index contributed by atoms with van der Waals surface area (Å²) in [4.78, 5) is 0. The number of aromatic nitrogens is 2. The van der Waals surface area contributed by atoms with E-state index in [0.717, 1.165) is 18.2 Å². The van der Waals surface area contributed by atoms with Crippen LogP contribution in [0.1, 0.15) is 45.4 Å². The molecule has 3 nitrogen and oxygen atoms in total. The minimum absolute atomic E-state index is 0.483. The molecule has 0 saturated carbocycles. The third-order valence-corrected chi connectivity index (χ3v) is 2.67. The first-order valence-electron chi connectivity index (χ1n) is 5.85. The zero-order valence-electron chi connectivity index (χ0n) is 10.5. The van der Waals surface area contributed by atoms with E-state index in [2.05, 4.69) is 50.1 Å². The minimum atomic E-state index is 0.483. The summed E-state index contributed by atoms with van der Waals surface area (Å²) in [5.41, 5.74) is 2.49. The lowest BCUT2D eigenvalue weighted by atomic mass is 10.1. The molecule has 2 N–H and O–H groups in total. The summed E-state index contributed by atoms with van der Waals surface area (Å²) in [6, 6.07) is 0.483. The van der Waals surface area contributed by atoms with Crippen molar-refractivity contribution >= 4 is 5.82 Å². The van der Waals surface area contributed by atoms with Crippen molar-refractivity contribution in [1.29, 1.82) is 0 Å². The third-order valence-electron chi connectivity index (χ3n) is 2.67. The summed E-state index contributed by atoms with van der Waals surface area (Å²) in [5, 5.41) is 10.8. The molecule has 1 aromatic heterocycles. The molecule has 1 unspecified atom stereocenters. The lowest BCUT2D eigenvalue weighted by Gasteiger charge is -2.15. The van der Waals surface area contributed by atoms with Crippen molar-refractivity contribution in [2.24, 2.45) is 5.92 Å². The molecule has 15 heavy (non-hydrogen) atoms. The molecule has 0 spiro atoms. The van der Waals surface area contributed by atoms with Gasteiger partial charge in [0.1, 0.15) is 0 Å². The van der Waals surface area contributed by atoms with Gasteiger partial charge in [-0.2, -0.15) is 5.10 Å². The highest BCUT2D eigenvalue weighted by atomic mass is 15.2. The van der Waals surface area contributed by atoms with Crippen LogP contribution in [0.15, 0.2) is 0 Å². The Morgan fingerprint density at radius 2 is 2.00 bits per heavy atom. The molecular weight excluding hydrogens is 186 g/mol. The second-order valence-corrected chi connectivity index (χ2v) is 4.70. The summed E-state index contributed by atoms with van der Waals surface area (Å²) in [6.07, 6.45) is 2.19. The number of hydrogen-bond acceptors (Lipinski definition) is 2. The summed E-state index contributed by atoms with van der Waals surface area (Å²) >= 11 is 0. The van der Waals surface area contributed by atoms with E-state index in [1.165, 1.54) is 17.7 Å². The predicted octanol–water partition coefficient (Wildman–Crippen LogP) is 3.13. The van der Waals surface area contributed by atoms with Crippen molar-refractivity contribution in [3.05, 3.63) is 11.3 Å². The second kappa shape index (κ2) is 5.19. The maximum absolute atomic E-state index is 4.30. The van der Waals surface area contributed by atoms with Gasteiger partial charge in [-0.25, -0.2) is 0 Å². The lowest BCUT2D eigenvalue weighted by Crippen LogP contribution is -2.18. The predicted molar refractivity (Wildman–Crippen MR) is 65.2 cm³/mol. The molecule has 0 bridgehead atoms. The first-order valence-corrected chi connectivity index (χ1v) is 5.85. The van der Waals surface area contributed by atoms with Gasteiger partial charge in [0, 0.05) is 17.3 Å². The number of anilines is 1. The van der Waals surface area contributed by atoms with Crippen LogP contribution in [0.2, 0.25) is 0 Å². The summed E-state index contributed by atoms with van der Waals surface area (Å²) in [7, 11) is 0. The number of nitrogens with zero attached hydrogens (tertiary/aromatic N) is 1. The van der Waals surface area contributed by atoms with Gasteiger partial charge in [0.2, 0.25) is 0 Å². The molecule has 0 amide bonds. The quantitative estimate of drug-likeness (QED) is 0.782. The Labute approximate surface area is 92.7 Å². The molecule has 1 heterocycles. The molecular formula is C12H23N3. The van der Waals surface area contributed by atoms with E-state index in [4.69, 9.17) is 0 Å². The van der Waals surface area contributed by atoms with Gasteiger partial charge in [-0.3, -0.25) is 5.10 Å². The van der Waals surface area contributed by atoms with Crippen molar-refractivity contribution in [3.8, 4) is 0 Å². The number of rotatable bonds is 5. The van der Waals surface area contributed by atoms with Crippen LogP contribution in [-0.4, -0.2) is 16.2 Å². The van der Waals surface area contributed by atoms with Gasteiger partial charge in [0.25, 0.3) is 0 Å². The van der Waals surface area contributed by atoms with Crippen LogP contribution in [0, 0.1) is 12.8 Å². The Morgan fingerprint density at radius 3 is 2.47 bits per heavy atom. The van der Waals surface area contributed by atoms with Crippen LogP contribution in [0.25, 0.3) is 0 Å². The van der Waals surface area contributed by atoms with Gasteiger partial charge < -0.3 is 5.32 Å². The molecule has 1 aromatic rings. The van der Waals surface area contributed by atoms with Gasteiger partial charge in [0.15, 0.2) is 5.82 Å². The van der Waals surface area contributed by atoms with Crippen LogP contribution >= 0.6 is 0 Å². The molecule has 0 fully saturated rings. The standard InChI is InChI=1S/C12H23N3/c1-6-11-10(5)12(15-14-11)13-9(4)7-8(2)3/h8-9H,6-7H2,1-5H3,(H2,13,14,15). The highest BCUT2D eigenvalue weighted by Crippen LogP contribution is 2.17. The summed E-state index contributed by atoms with van der Waals surface area (Å²) in [5.74, 6) is 1.73. The van der Waals surface area contributed by atoms with Gasteiger partial charge in [-0.05, 0) is 32.6 Å². The summed E-state index contributed by atoms with van der Waals surface area (Å²) in [6.45, 7) is 11.0. The van der Waals surface area contributed by atoms with Crippen molar-refractivity contribution in [1.82, 2.24) is 10.2 Å². The Bertz CT molecular complexity index is 302. The third kappa shape index (κ3) is 3.26. The SMILES string of the molecule is CCc1[nH]nc(NC(C)CC(C)C)c1C. The Morgan fingerprint density at radius 1 is 1.33 bits per heavy atom. The van der Waals surface area contributed by atoms with Crippen LogP contribution in [0.3, 0.4) is 0 Å². The van der Waals surface area contributed by atoms with E-state index in [0.29, 0.717) is 6.04 Å². The van der Waals surface area contributed by atoms with E-state index in [1.54, 1.807) is 0 Å². The maximum atomic E-state index is 4.30. The van der Waals surface area contributed by atoms with Crippen LogP contribution in [-0.2, 0) is 6.42 Å². The molecule has 1 atom stereocenters. The van der Waals surface area contributed by atoms with Crippen molar-refractivity contribution in [2.75, 3.05) is 5.32 Å². The molecule has 0 aromatic carbocycles. The van der Waals surface area contributed by atoms with E-state index in [1.807, 2.05) is 0 Å². The second-order valence-electron chi connectivity index (χ2n) is 4.70. The van der Waals surface area contributed by atoms with Crippen LogP contribution in [0.5, 0.6) is 0 Å². The molecule has 0 aliphatic carbocycles. The van der Waals surface area contributed by atoms with Crippen molar-refractivity contribution in [3.63, 3.8) is 0 Å². The zero-order valence-corrected chi connectivity index (χ0v) is 10.5. The first-order chi connectivity index (χ1) is 7.04. The maximum Gasteiger partial charge on any atom is 0.151 e. The fraction of sp³-hybridized carbons (Fsp3) is 0.750. The number of nitrogens with one attached hydrogen (secondary N) is 2. The smallest absolute Gasteiger partial charge is 0.151 e. The Kier molecular flexibility index (Phi) is 4.18. The fourth-order valence-electron chi connectivity index (χ4n) is 1.92. The highest BCUT2D eigenvalue weighted by molar-refractivity contribution is 5.46. The van der Waals surface area contributed by atoms with Crippen molar-refractivity contribution in [2.45, 2.75) is 53.5 Å². The highest BCUT2D eigenvalue weighted by Gasteiger charge is 2.10. The number of hydrogen-bond donors (Lipinski definition) is 2. The molecule has 0 aliphatic rings. The number of aryl methyl sites for hydroxylation is 1. The Balaban J connectivity index is 2.60. The fourth-order valence-corrected chi connectivity index (χ4v) is 1.92. The normalized spacial score (nSPS) is 13.2. The minimum Gasteiger partial charge on any atom is -0.366 e. The largest absolute Gasteiger partial charge is 0.366 e. The van der Waals surface area contributed by atoms with Crippen LogP contribution in [0.4, 0.5) is 5.82 Å². The number of aromatic amines is 1.